The van der Waals surface area contributed by atoms with Crippen molar-refractivity contribution in [2.24, 2.45) is 0 Å². The molecule has 6 heteroatoms. The third-order valence-electron chi connectivity index (χ3n) is 3.41. The Morgan fingerprint density at radius 2 is 2.47 bits per heavy atom. The average Bonchev–Trinajstić information content (AvgIpc) is 2.73. The lowest BCUT2D eigenvalue weighted by molar-refractivity contribution is -0.143. The Labute approximate surface area is 98.3 Å². The maximum Gasteiger partial charge on any atom is 0.329 e. The van der Waals surface area contributed by atoms with E-state index in [9.17, 15) is 14.7 Å². The Bertz CT molecular complexity index is 485. The predicted molar refractivity (Wildman–Crippen MR) is 62.1 cm³/mol. The van der Waals surface area contributed by atoms with E-state index in [0.29, 0.717) is 25.2 Å². The number of carboxylic acid groups (broad SMARTS) is 1. The molecule has 1 atom stereocenters. The maximum atomic E-state index is 11.5. The molecule has 2 heterocycles. The van der Waals surface area contributed by atoms with Crippen LogP contribution in [0, 0.1) is 0 Å². The standard InChI is InChI=1S/C11H15N3O3/c1-2-11(10(16)17)4-3-5-14(11)8-6-9(15)13-7-12-8/h6-7H,2-5H2,1H3,(H,16,17)(H,12,13,15). The highest BCUT2D eigenvalue weighted by Crippen LogP contribution is 2.35. The zero-order valence-electron chi connectivity index (χ0n) is 9.64. The van der Waals surface area contributed by atoms with Crippen LogP contribution in [0.2, 0.25) is 0 Å². The molecule has 1 saturated heterocycles. The van der Waals surface area contributed by atoms with E-state index in [1.807, 2.05) is 6.92 Å². The van der Waals surface area contributed by atoms with Gasteiger partial charge in [0, 0.05) is 12.6 Å². The number of carbonyl (C=O) groups is 1. The van der Waals surface area contributed by atoms with Gasteiger partial charge in [0.15, 0.2) is 0 Å². The van der Waals surface area contributed by atoms with E-state index in [0.717, 1.165) is 6.42 Å². The van der Waals surface area contributed by atoms with Crippen molar-refractivity contribution in [1.29, 1.82) is 0 Å². The van der Waals surface area contributed by atoms with Crippen LogP contribution in [0.25, 0.3) is 0 Å². The summed E-state index contributed by atoms with van der Waals surface area (Å²) in [5, 5.41) is 9.41. The van der Waals surface area contributed by atoms with Crippen molar-refractivity contribution in [3.05, 3.63) is 22.7 Å². The molecule has 1 aromatic heterocycles. The van der Waals surface area contributed by atoms with Crippen LogP contribution in [0.4, 0.5) is 5.82 Å². The molecule has 1 unspecified atom stereocenters. The first-order chi connectivity index (χ1) is 8.10. The molecule has 1 aliphatic heterocycles. The number of hydrogen-bond acceptors (Lipinski definition) is 4. The minimum absolute atomic E-state index is 0.266. The van der Waals surface area contributed by atoms with Crippen LogP contribution in [0.3, 0.4) is 0 Å². The number of nitrogens with one attached hydrogen (secondary N) is 1. The fourth-order valence-corrected chi connectivity index (χ4v) is 2.46. The molecule has 0 aliphatic carbocycles. The molecule has 0 radical (unpaired) electrons. The number of aromatic amines is 1. The van der Waals surface area contributed by atoms with Gasteiger partial charge in [0.25, 0.3) is 5.56 Å². The fourth-order valence-electron chi connectivity index (χ4n) is 2.46. The smallest absolute Gasteiger partial charge is 0.329 e. The second-order valence-electron chi connectivity index (χ2n) is 4.21. The Balaban J connectivity index is 2.44. The normalized spacial score (nSPS) is 23.9. The van der Waals surface area contributed by atoms with Crippen LogP contribution < -0.4 is 10.5 Å². The minimum atomic E-state index is -0.916. The van der Waals surface area contributed by atoms with Gasteiger partial charge in [-0.1, -0.05) is 6.92 Å². The summed E-state index contributed by atoms with van der Waals surface area (Å²) in [7, 11) is 0. The predicted octanol–water partition coefficient (Wildman–Crippen LogP) is 0.603. The number of aromatic nitrogens is 2. The van der Waals surface area contributed by atoms with Crippen molar-refractivity contribution in [2.45, 2.75) is 31.7 Å². The highest BCUT2D eigenvalue weighted by atomic mass is 16.4. The van der Waals surface area contributed by atoms with Gasteiger partial charge < -0.3 is 15.0 Å². The highest BCUT2D eigenvalue weighted by molar-refractivity contribution is 5.84. The van der Waals surface area contributed by atoms with Crippen molar-refractivity contribution in [3.8, 4) is 0 Å². The van der Waals surface area contributed by atoms with Gasteiger partial charge in [0.2, 0.25) is 0 Å². The van der Waals surface area contributed by atoms with Crippen molar-refractivity contribution in [2.75, 3.05) is 11.4 Å². The van der Waals surface area contributed by atoms with Crippen LogP contribution in [0.15, 0.2) is 17.2 Å². The van der Waals surface area contributed by atoms with E-state index in [4.69, 9.17) is 0 Å². The molecule has 0 bridgehead atoms. The number of rotatable bonds is 3. The van der Waals surface area contributed by atoms with E-state index >= 15 is 0 Å². The second-order valence-corrected chi connectivity index (χ2v) is 4.21. The molecule has 17 heavy (non-hydrogen) atoms. The topological polar surface area (TPSA) is 86.3 Å². The molecule has 0 aromatic carbocycles. The first-order valence-electron chi connectivity index (χ1n) is 5.66. The molecule has 6 nitrogen and oxygen atoms in total. The first-order valence-corrected chi connectivity index (χ1v) is 5.66. The number of nitrogens with zero attached hydrogens (tertiary/aromatic N) is 2. The third-order valence-corrected chi connectivity index (χ3v) is 3.41. The van der Waals surface area contributed by atoms with Gasteiger partial charge in [-0.2, -0.15) is 0 Å². The van der Waals surface area contributed by atoms with E-state index in [-0.39, 0.29) is 5.56 Å². The summed E-state index contributed by atoms with van der Waals surface area (Å²) in [5.41, 5.74) is -1.18. The molecule has 2 N–H and O–H groups in total. The fraction of sp³-hybridized carbons (Fsp3) is 0.545. The van der Waals surface area contributed by atoms with Gasteiger partial charge >= 0.3 is 5.97 Å². The lowest BCUT2D eigenvalue weighted by Crippen LogP contribution is -2.50. The van der Waals surface area contributed by atoms with E-state index in [1.165, 1.54) is 12.4 Å². The Kier molecular flexibility index (Phi) is 2.87. The summed E-state index contributed by atoms with van der Waals surface area (Å²) in [6.07, 6.45) is 3.19. The van der Waals surface area contributed by atoms with Gasteiger partial charge in [0.1, 0.15) is 11.4 Å². The van der Waals surface area contributed by atoms with Gasteiger partial charge in [0.05, 0.1) is 6.33 Å². The van der Waals surface area contributed by atoms with Crippen LogP contribution in [0.1, 0.15) is 26.2 Å². The SMILES string of the molecule is CCC1(C(=O)O)CCCN1c1cc(=O)[nH]cn1. The van der Waals surface area contributed by atoms with Gasteiger partial charge in [-0.15, -0.1) is 0 Å². The van der Waals surface area contributed by atoms with Gasteiger partial charge in [-0.25, -0.2) is 9.78 Å². The van der Waals surface area contributed by atoms with Crippen LogP contribution >= 0.6 is 0 Å². The molecule has 92 valence electrons. The van der Waals surface area contributed by atoms with Gasteiger partial charge in [-0.05, 0) is 19.3 Å². The zero-order chi connectivity index (χ0) is 12.5. The molecule has 0 spiro atoms. The number of carboxylic acids is 1. The van der Waals surface area contributed by atoms with Crippen molar-refractivity contribution >= 4 is 11.8 Å². The van der Waals surface area contributed by atoms with Gasteiger partial charge in [-0.3, -0.25) is 4.79 Å². The first kappa shape index (κ1) is 11.6. The molecular weight excluding hydrogens is 222 g/mol. The lowest BCUT2D eigenvalue weighted by atomic mass is 9.93. The average molecular weight is 237 g/mol. The molecule has 1 fully saturated rings. The van der Waals surface area contributed by atoms with Crippen LogP contribution in [0.5, 0.6) is 0 Å². The summed E-state index contributed by atoms with van der Waals surface area (Å²) in [5.74, 6) is -0.407. The summed E-state index contributed by atoms with van der Waals surface area (Å²) in [4.78, 5) is 30.9. The molecule has 1 aliphatic rings. The number of anilines is 1. The molecule has 2 rings (SSSR count). The van der Waals surface area contributed by atoms with E-state index in [1.54, 1.807) is 4.90 Å². The zero-order valence-corrected chi connectivity index (χ0v) is 9.64. The second kappa shape index (κ2) is 4.20. The number of H-pyrrole nitrogens is 1. The minimum Gasteiger partial charge on any atom is -0.479 e. The highest BCUT2D eigenvalue weighted by Gasteiger charge is 2.46. The Hall–Kier alpha value is -1.85. The van der Waals surface area contributed by atoms with Crippen molar-refractivity contribution < 1.29 is 9.90 Å². The summed E-state index contributed by atoms with van der Waals surface area (Å²) < 4.78 is 0. The van der Waals surface area contributed by atoms with E-state index < -0.39 is 11.5 Å². The third kappa shape index (κ3) is 1.79. The lowest BCUT2D eigenvalue weighted by Gasteiger charge is -2.34. The number of aliphatic carboxylic acids is 1. The largest absolute Gasteiger partial charge is 0.479 e. The maximum absolute atomic E-state index is 11.5. The molecular formula is C11H15N3O3. The molecule has 0 amide bonds. The number of hydrogen-bond donors (Lipinski definition) is 2. The summed E-state index contributed by atoms with van der Waals surface area (Å²) in [6, 6.07) is 1.35. The van der Waals surface area contributed by atoms with E-state index in [2.05, 4.69) is 9.97 Å². The summed E-state index contributed by atoms with van der Waals surface area (Å²) >= 11 is 0. The monoisotopic (exact) mass is 237 g/mol. The molecule has 1 aromatic rings. The van der Waals surface area contributed by atoms with Crippen molar-refractivity contribution in [1.82, 2.24) is 9.97 Å². The Morgan fingerprint density at radius 3 is 3.06 bits per heavy atom. The quantitative estimate of drug-likeness (QED) is 0.804. The van der Waals surface area contributed by atoms with Crippen molar-refractivity contribution in [3.63, 3.8) is 0 Å². The summed E-state index contributed by atoms with van der Waals surface area (Å²) in [6.45, 7) is 2.47. The Morgan fingerprint density at radius 1 is 1.71 bits per heavy atom. The van der Waals surface area contributed by atoms with Crippen LogP contribution in [-0.4, -0.2) is 33.1 Å². The van der Waals surface area contributed by atoms with Crippen LogP contribution in [-0.2, 0) is 4.79 Å². The molecule has 0 saturated carbocycles.